The van der Waals surface area contributed by atoms with Crippen molar-refractivity contribution in [3.05, 3.63) is 91.6 Å². The Morgan fingerprint density at radius 2 is 2.00 bits per heavy atom. The molecule has 128 valence electrons. The predicted molar refractivity (Wildman–Crippen MR) is 91.8 cm³/mol. The molecule has 0 saturated heterocycles. The zero-order chi connectivity index (χ0) is 17.8. The molecular weight excluding hydrogens is 346 g/mol. The number of hydrogen-bond donors (Lipinski definition) is 2. The monoisotopic (exact) mass is 359 g/mol. The van der Waals surface area contributed by atoms with Crippen molar-refractivity contribution in [3.63, 3.8) is 0 Å². The van der Waals surface area contributed by atoms with Crippen molar-refractivity contribution in [2.75, 3.05) is 0 Å². The van der Waals surface area contributed by atoms with E-state index in [0.717, 1.165) is 10.8 Å². The van der Waals surface area contributed by atoms with Crippen LogP contribution in [-0.2, 0) is 13.1 Å². The minimum Gasteiger partial charge on any atom is -0.467 e. The van der Waals surface area contributed by atoms with E-state index < -0.39 is 17.2 Å². The molecule has 2 N–H and O–H groups in total. The Kier molecular flexibility index (Phi) is 4.85. The lowest BCUT2D eigenvalue weighted by Gasteiger charge is -2.08. The van der Waals surface area contributed by atoms with E-state index in [4.69, 9.17) is 16.0 Å². The lowest BCUT2D eigenvalue weighted by atomic mass is 10.2. The summed E-state index contributed by atoms with van der Waals surface area (Å²) in [6, 6.07) is 10.3. The van der Waals surface area contributed by atoms with Gasteiger partial charge in [0, 0.05) is 11.2 Å². The summed E-state index contributed by atoms with van der Waals surface area (Å²) >= 11 is 6.07. The van der Waals surface area contributed by atoms with Crippen molar-refractivity contribution < 1.29 is 9.21 Å². The number of nitrogens with zero attached hydrogens (tertiary/aromatic N) is 1. The van der Waals surface area contributed by atoms with E-state index in [9.17, 15) is 14.4 Å². The van der Waals surface area contributed by atoms with E-state index in [1.165, 1.54) is 6.26 Å². The van der Waals surface area contributed by atoms with Crippen molar-refractivity contribution in [1.82, 2.24) is 14.9 Å². The molecule has 7 nitrogen and oxygen atoms in total. The number of amides is 1. The van der Waals surface area contributed by atoms with E-state index in [1.54, 1.807) is 36.4 Å². The summed E-state index contributed by atoms with van der Waals surface area (Å²) in [5, 5.41) is 3.00. The Labute approximate surface area is 146 Å². The second-order valence-electron chi connectivity index (χ2n) is 5.25. The van der Waals surface area contributed by atoms with E-state index >= 15 is 0 Å². The lowest BCUT2D eigenvalue weighted by Crippen LogP contribution is -2.40. The first-order valence-electron chi connectivity index (χ1n) is 7.43. The molecule has 0 aliphatic heterocycles. The number of furan rings is 1. The highest BCUT2D eigenvalue weighted by molar-refractivity contribution is 6.31. The summed E-state index contributed by atoms with van der Waals surface area (Å²) in [6.45, 7) is 0.0993. The van der Waals surface area contributed by atoms with Gasteiger partial charge in [-0.05, 0) is 23.8 Å². The molecule has 0 saturated carbocycles. The van der Waals surface area contributed by atoms with E-state index in [1.807, 2.05) is 0 Å². The van der Waals surface area contributed by atoms with Gasteiger partial charge in [-0.3, -0.25) is 14.2 Å². The Morgan fingerprint density at radius 1 is 1.20 bits per heavy atom. The third-order valence-corrected chi connectivity index (χ3v) is 3.96. The Morgan fingerprint density at radius 3 is 2.72 bits per heavy atom. The van der Waals surface area contributed by atoms with E-state index in [-0.39, 0.29) is 18.7 Å². The molecule has 2 aromatic heterocycles. The van der Waals surface area contributed by atoms with Gasteiger partial charge in [-0.2, -0.15) is 0 Å². The van der Waals surface area contributed by atoms with Crippen LogP contribution in [0, 0.1) is 0 Å². The molecule has 25 heavy (non-hydrogen) atoms. The summed E-state index contributed by atoms with van der Waals surface area (Å²) in [5.74, 6) is -0.0558. The number of nitrogens with one attached hydrogen (secondary N) is 2. The average molecular weight is 360 g/mol. The van der Waals surface area contributed by atoms with Gasteiger partial charge < -0.3 is 14.7 Å². The molecule has 2 heterocycles. The first-order chi connectivity index (χ1) is 12.1. The summed E-state index contributed by atoms with van der Waals surface area (Å²) in [4.78, 5) is 39.1. The van der Waals surface area contributed by atoms with E-state index in [2.05, 4.69) is 10.3 Å². The molecule has 1 amide bonds. The second kappa shape index (κ2) is 7.23. The molecule has 0 bridgehead atoms. The highest BCUT2D eigenvalue weighted by Crippen LogP contribution is 2.14. The Hall–Kier alpha value is -3.06. The molecule has 0 aliphatic rings. The zero-order valence-electron chi connectivity index (χ0n) is 13.0. The summed E-state index contributed by atoms with van der Waals surface area (Å²) in [6.07, 6.45) is 2.59. The second-order valence-corrected chi connectivity index (χ2v) is 5.66. The molecule has 0 aliphatic carbocycles. The van der Waals surface area contributed by atoms with Crippen LogP contribution in [0.1, 0.15) is 21.7 Å². The number of aromatic amines is 1. The number of benzene rings is 1. The van der Waals surface area contributed by atoms with Crippen LogP contribution in [0.15, 0.2) is 62.9 Å². The van der Waals surface area contributed by atoms with Gasteiger partial charge in [0.2, 0.25) is 0 Å². The molecular formula is C17H14ClN3O4. The normalized spacial score (nSPS) is 10.6. The van der Waals surface area contributed by atoms with Crippen molar-refractivity contribution >= 4 is 17.5 Å². The fourth-order valence-electron chi connectivity index (χ4n) is 2.29. The van der Waals surface area contributed by atoms with Crippen LogP contribution in [0.4, 0.5) is 0 Å². The van der Waals surface area contributed by atoms with E-state index in [0.29, 0.717) is 16.3 Å². The van der Waals surface area contributed by atoms with Gasteiger partial charge in [0.15, 0.2) is 0 Å². The molecule has 0 fully saturated rings. The molecule has 0 atom stereocenters. The molecule has 0 spiro atoms. The van der Waals surface area contributed by atoms with Crippen LogP contribution in [0.25, 0.3) is 0 Å². The maximum Gasteiger partial charge on any atom is 0.328 e. The van der Waals surface area contributed by atoms with Gasteiger partial charge in [-0.1, -0.05) is 29.8 Å². The number of carbonyl (C=O) groups is 1. The number of halogens is 1. The third-order valence-electron chi connectivity index (χ3n) is 3.59. The fraction of sp³-hybridized carbons (Fsp3) is 0.118. The number of H-pyrrole nitrogens is 1. The van der Waals surface area contributed by atoms with Crippen molar-refractivity contribution in [3.8, 4) is 0 Å². The van der Waals surface area contributed by atoms with Crippen LogP contribution in [0.3, 0.4) is 0 Å². The number of aromatic nitrogens is 2. The molecule has 8 heteroatoms. The Balaban J connectivity index is 1.87. The largest absolute Gasteiger partial charge is 0.467 e. The van der Waals surface area contributed by atoms with Crippen molar-refractivity contribution in [2.45, 2.75) is 13.1 Å². The van der Waals surface area contributed by atoms with Crippen LogP contribution in [-0.4, -0.2) is 15.5 Å². The fourth-order valence-corrected chi connectivity index (χ4v) is 2.49. The summed E-state index contributed by atoms with van der Waals surface area (Å²) in [5.41, 5.74) is -0.878. The van der Waals surface area contributed by atoms with Crippen molar-refractivity contribution in [2.24, 2.45) is 0 Å². The zero-order valence-corrected chi connectivity index (χ0v) is 13.7. The minimum atomic E-state index is -0.694. The smallest absolute Gasteiger partial charge is 0.328 e. The number of hydrogen-bond acceptors (Lipinski definition) is 4. The standard InChI is InChI=1S/C17H14ClN3O4/c18-14-6-2-1-4-11(14)10-21-16(23)13(9-20-17(21)24)15(22)19-8-12-5-3-7-25-12/h1-7,9H,8,10H2,(H,19,22)(H,20,24). The van der Waals surface area contributed by atoms with Gasteiger partial charge >= 0.3 is 5.69 Å². The van der Waals surface area contributed by atoms with Crippen LogP contribution in [0.5, 0.6) is 0 Å². The SMILES string of the molecule is O=C(NCc1ccco1)c1c[nH]c(=O)n(Cc2ccccc2Cl)c1=O. The summed E-state index contributed by atoms with van der Waals surface area (Å²) < 4.78 is 6.05. The van der Waals surface area contributed by atoms with Crippen LogP contribution in [0.2, 0.25) is 5.02 Å². The number of carbonyl (C=O) groups excluding carboxylic acids is 1. The van der Waals surface area contributed by atoms with Gasteiger partial charge in [-0.15, -0.1) is 0 Å². The lowest BCUT2D eigenvalue weighted by molar-refractivity contribution is 0.0945. The molecule has 1 aromatic carbocycles. The van der Waals surface area contributed by atoms with Crippen LogP contribution >= 0.6 is 11.6 Å². The first-order valence-corrected chi connectivity index (χ1v) is 7.80. The predicted octanol–water partition coefficient (Wildman–Crippen LogP) is 1.76. The molecule has 3 aromatic rings. The van der Waals surface area contributed by atoms with Gasteiger partial charge in [0.25, 0.3) is 11.5 Å². The molecule has 3 rings (SSSR count). The third kappa shape index (κ3) is 3.72. The molecule has 0 unspecified atom stereocenters. The summed E-state index contributed by atoms with van der Waals surface area (Å²) in [7, 11) is 0. The molecule has 0 radical (unpaired) electrons. The average Bonchev–Trinajstić information content (AvgIpc) is 3.11. The minimum absolute atomic E-state index is 0.0346. The van der Waals surface area contributed by atoms with Gasteiger partial charge in [0.05, 0.1) is 19.4 Å². The van der Waals surface area contributed by atoms with Gasteiger partial charge in [0.1, 0.15) is 11.3 Å². The topological polar surface area (TPSA) is 97.1 Å². The van der Waals surface area contributed by atoms with Gasteiger partial charge in [-0.25, -0.2) is 4.79 Å². The highest BCUT2D eigenvalue weighted by Gasteiger charge is 2.15. The highest BCUT2D eigenvalue weighted by atomic mass is 35.5. The van der Waals surface area contributed by atoms with Crippen LogP contribution < -0.4 is 16.6 Å². The quantitative estimate of drug-likeness (QED) is 0.725. The Bertz CT molecular complexity index is 1010. The maximum atomic E-state index is 12.5. The number of rotatable bonds is 5. The maximum absolute atomic E-state index is 12.5. The first kappa shape index (κ1) is 16.8. The van der Waals surface area contributed by atoms with Crippen molar-refractivity contribution in [1.29, 1.82) is 0 Å².